The van der Waals surface area contributed by atoms with Crippen molar-refractivity contribution in [2.45, 2.75) is 13.8 Å². The second-order valence-corrected chi connectivity index (χ2v) is 6.18. The molecule has 0 atom stereocenters. The van der Waals surface area contributed by atoms with E-state index in [0.29, 0.717) is 5.69 Å². The van der Waals surface area contributed by atoms with Crippen molar-refractivity contribution in [2.75, 3.05) is 12.4 Å². The van der Waals surface area contributed by atoms with E-state index in [-0.39, 0.29) is 17.0 Å². The number of methoxy groups -OCH3 is 1. The normalized spacial score (nSPS) is 10.3. The van der Waals surface area contributed by atoms with Gasteiger partial charge in [-0.25, -0.2) is 0 Å². The van der Waals surface area contributed by atoms with Crippen molar-refractivity contribution in [3.05, 3.63) is 60.7 Å². The summed E-state index contributed by atoms with van der Waals surface area (Å²) < 4.78 is 6.04. The van der Waals surface area contributed by atoms with E-state index in [2.05, 4.69) is 27.9 Å². The molecule has 2 aromatic carbocycles. The number of hydrogen-bond donors (Lipinski definition) is 1. The number of hydrogen-bond acceptors (Lipinski definition) is 4. The van der Waals surface area contributed by atoms with Gasteiger partial charge in [0.25, 0.3) is 5.91 Å². The number of rotatable bonds is 4. The van der Waals surface area contributed by atoms with Crippen molar-refractivity contribution in [3.8, 4) is 5.75 Å². The van der Waals surface area contributed by atoms with Crippen LogP contribution in [0.25, 0.3) is 0 Å². The molecule has 0 unspecified atom stereocenters. The molecule has 0 aliphatic carbocycles. The quantitative estimate of drug-likeness (QED) is 0.454. The number of nitrogens with one attached hydrogen (secondary N) is 1. The molecule has 0 aliphatic rings. The number of carbonyl (C=O) groups is 1. The lowest BCUT2D eigenvalue weighted by atomic mass is 10.1. The Hall–Kier alpha value is -2.16. The van der Waals surface area contributed by atoms with Gasteiger partial charge < -0.3 is 10.1 Å². The molecule has 1 amide bonds. The third kappa shape index (κ3) is 3.79. The fraction of sp³-hybridized carbons (Fsp3) is 0.188. The molecule has 1 N–H and O–H groups in total. The number of aryl methyl sites for hydroxylation is 2. The Kier molecular flexibility index (Phi) is 5.19. The smallest absolute Gasteiger partial charge is 0.311 e. The third-order valence-electron chi connectivity index (χ3n) is 3.39. The van der Waals surface area contributed by atoms with Gasteiger partial charge in [-0.3, -0.25) is 14.9 Å². The maximum atomic E-state index is 12.4. The van der Waals surface area contributed by atoms with E-state index < -0.39 is 10.8 Å². The molecule has 2 aromatic rings. The van der Waals surface area contributed by atoms with Gasteiger partial charge in [0.1, 0.15) is 0 Å². The predicted molar refractivity (Wildman–Crippen MR) is 96.2 cm³/mol. The van der Waals surface area contributed by atoms with Gasteiger partial charge in [-0.05, 0) is 71.8 Å². The van der Waals surface area contributed by atoms with Crippen molar-refractivity contribution >= 4 is 39.9 Å². The van der Waals surface area contributed by atoms with E-state index in [1.807, 2.05) is 26.0 Å². The monoisotopic (exact) mass is 426 g/mol. The van der Waals surface area contributed by atoms with E-state index in [1.165, 1.54) is 25.3 Å². The maximum Gasteiger partial charge on any atom is 0.311 e. The number of anilines is 1. The lowest BCUT2D eigenvalue weighted by molar-refractivity contribution is -0.385. The molecule has 2 rings (SSSR count). The molecule has 120 valence electrons. The molecule has 6 nitrogen and oxygen atoms in total. The fourth-order valence-electron chi connectivity index (χ4n) is 2.08. The Morgan fingerprint density at radius 1 is 1.22 bits per heavy atom. The van der Waals surface area contributed by atoms with Crippen LogP contribution in [0.3, 0.4) is 0 Å². The molecule has 0 bridgehead atoms. The van der Waals surface area contributed by atoms with E-state index in [1.54, 1.807) is 0 Å². The highest BCUT2D eigenvalue weighted by molar-refractivity contribution is 14.1. The average Bonchev–Trinajstić information content (AvgIpc) is 2.51. The molecular formula is C16H15IN2O4. The average molecular weight is 426 g/mol. The minimum atomic E-state index is -0.574. The Balaban J connectivity index is 2.33. The standard InChI is InChI=1S/C16H15IN2O4/c1-9-7-13(10(2)6-12(9)17)18-16(20)11-4-5-15(23-3)14(8-11)19(21)22/h4-8H,1-3H3,(H,18,20). The zero-order valence-electron chi connectivity index (χ0n) is 12.8. The molecule has 0 spiro atoms. The number of carbonyl (C=O) groups excluding carboxylic acids is 1. The summed E-state index contributed by atoms with van der Waals surface area (Å²) in [6, 6.07) is 7.98. The molecular weight excluding hydrogens is 411 g/mol. The molecule has 7 heteroatoms. The summed E-state index contributed by atoms with van der Waals surface area (Å²) in [6.07, 6.45) is 0. The number of amides is 1. The number of benzene rings is 2. The number of nitro groups is 1. The van der Waals surface area contributed by atoms with E-state index >= 15 is 0 Å². The van der Waals surface area contributed by atoms with Crippen LogP contribution in [0.4, 0.5) is 11.4 Å². The van der Waals surface area contributed by atoms with Gasteiger partial charge >= 0.3 is 5.69 Å². The maximum absolute atomic E-state index is 12.4. The minimum Gasteiger partial charge on any atom is -0.490 e. The molecule has 0 saturated heterocycles. The number of ether oxygens (including phenoxy) is 1. The Morgan fingerprint density at radius 2 is 1.91 bits per heavy atom. The Labute approximate surface area is 147 Å². The van der Waals surface area contributed by atoms with E-state index in [0.717, 1.165) is 14.7 Å². The summed E-state index contributed by atoms with van der Waals surface area (Å²) in [5.74, 6) is -0.285. The molecule has 0 saturated carbocycles. The van der Waals surface area contributed by atoms with E-state index in [9.17, 15) is 14.9 Å². The van der Waals surface area contributed by atoms with Crippen LogP contribution in [0.5, 0.6) is 5.75 Å². The van der Waals surface area contributed by atoms with Crippen LogP contribution in [-0.4, -0.2) is 17.9 Å². The zero-order valence-corrected chi connectivity index (χ0v) is 15.0. The first kappa shape index (κ1) is 17.2. The number of halogens is 1. The first-order valence-corrected chi connectivity index (χ1v) is 7.82. The highest BCUT2D eigenvalue weighted by Crippen LogP contribution is 2.28. The zero-order chi connectivity index (χ0) is 17.1. The summed E-state index contributed by atoms with van der Waals surface area (Å²) in [7, 11) is 1.35. The van der Waals surface area contributed by atoms with Crippen LogP contribution in [0.1, 0.15) is 21.5 Å². The molecule has 23 heavy (non-hydrogen) atoms. The second kappa shape index (κ2) is 6.95. The topological polar surface area (TPSA) is 81.5 Å². The van der Waals surface area contributed by atoms with Gasteiger partial charge in [-0.15, -0.1) is 0 Å². The molecule has 0 aromatic heterocycles. The van der Waals surface area contributed by atoms with Crippen molar-refractivity contribution in [1.82, 2.24) is 0 Å². The summed E-state index contributed by atoms with van der Waals surface area (Å²) in [5.41, 5.74) is 2.62. The fourth-order valence-corrected chi connectivity index (χ4v) is 2.71. The Bertz CT molecular complexity index is 790. The Morgan fingerprint density at radius 3 is 2.52 bits per heavy atom. The van der Waals surface area contributed by atoms with Crippen molar-refractivity contribution < 1.29 is 14.5 Å². The number of nitrogens with zero attached hydrogens (tertiary/aromatic N) is 1. The lowest BCUT2D eigenvalue weighted by Gasteiger charge is -2.11. The summed E-state index contributed by atoms with van der Waals surface area (Å²) >= 11 is 2.23. The first-order valence-electron chi connectivity index (χ1n) is 6.74. The van der Waals surface area contributed by atoms with Crippen LogP contribution in [0.15, 0.2) is 30.3 Å². The van der Waals surface area contributed by atoms with Crippen molar-refractivity contribution in [1.29, 1.82) is 0 Å². The van der Waals surface area contributed by atoms with Gasteiger partial charge in [0.2, 0.25) is 0 Å². The van der Waals surface area contributed by atoms with Crippen molar-refractivity contribution in [2.24, 2.45) is 0 Å². The minimum absolute atomic E-state index is 0.118. The third-order valence-corrected chi connectivity index (χ3v) is 4.55. The van der Waals surface area contributed by atoms with Crippen LogP contribution in [-0.2, 0) is 0 Å². The first-order chi connectivity index (χ1) is 10.8. The molecule has 0 radical (unpaired) electrons. The largest absolute Gasteiger partial charge is 0.490 e. The van der Waals surface area contributed by atoms with Crippen LogP contribution in [0, 0.1) is 27.5 Å². The summed E-state index contributed by atoms with van der Waals surface area (Å²) in [4.78, 5) is 22.8. The van der Waals surface area contributed by atoms with Gasteiger partial charge in [-0.2, -0.15) is 0 Å². The van der Waals surface area contributed by atoms with Gasteiger partial charge in [-0.1, -0.05) is 0 Å². The molecule has 0 fully saturated rings. The van der Waals surface area contributed by atoms with Gasteiger partial charge in [0.05, 0.1) is 12.0 Å². The molecule has 0 aliphatic heterocycles. The van der Waals surface area contributed by atoms with Crippen LogP contribution in [0.2, 0.25) is 0 Å². The predicted octanol–water partition coefficient (Wildman–Crippen LogP) is 4.08. The molecule has 0 heterocycles. The van der Waals surface area contributed by atoms with Gasteiger partial charge in [0.15, 0.2) is 5.75 Å². The summed E-state index contributed by atoms with van der Waals surface area (Å²) in [6.45, 7) is 3.85. The lowest BCUT2D eigenvalue weighted by Crippen LogP contribution is -2.13. The highest BCUT2D eigenvalue weighted by Gasteiger charge is 2.18. The number of nitro benzene ring substituents is 1. The summed E-state index contributed by atoms with van der Waals surface area (Å²) in [5, 5.41) is 13.8. The second-order valence-electron chi connectivity index (χ2n) is 5.01. The van der Waals surface area contributed by atoms with Crippen molar-refractivity contribution in [3.63, 3.8) is 0 Å². The van der Waals surface area contributed by atoms with E-state index in [4.69, 9.17) is 4.74 Å². The SMILES string of the molecule is COc1ccc(C(=O)Nc2cc(C)c(I)cc2C)cc1[N+](=O)[O-]. The van der Waals surface area contributed by atoms with Gasteiger partial charge in [0, 0.05) is 20.9 Å². The van der Waals surface area contributed by atoms with Crippen LogP contribution < -0.4 is 10.1 Å². The van der Waals surface area contributed by atoms with Crippen LogP contribution >= 0.6 is 22.6 Å². The highest BCUT2D eigenvalue weighted by atomic mass is 127.